The fourth-order valence-electron chi connectivity index (χ4n) is 2.12. The number of aromatic amines is 1. The second kappa shape index (κ2) is 4.84. The van der Waals surface area contributed by atoms with E-state index in [9.17, 15) is 4.79 Å². The van der Waals surface area contributed by atoms with Crippen LogP contribution in [0.4, 0.5) is 0 Å². The zero-order valence-electron chi connectivity index (χ0n) is 10.4. The fourth-order valence-corrected chi connectivity index (χ4v) is 2.39. The van der Waals surface area contributed by atoms with Crippen molar-refractivity contribution in [2.75, 3.05) is 0 Å². The molecular formula is C16H9ClN2O. The summed E-state index contributed by atoms with van der Waals surface area (Å²) in [6.07, 6.45) is 0. The van der Waals surface area contributed by atoms with Gasteiger partial charge in [0.2, 0.25) is 5.56 Å². The average Bonchev–Trinajstić information content (AvgIpc) is 2.46. The number of aromatic nitrogens is 1. The molecule has 3 rings (SSSR count). The summed E-state index contributed by atoms with van der Waals surface area (Å²) in [5.41, 5.74) is 2.97. The molecule has 0 saturated heterocycles. The van der Waals surface area contributed by atoms with Crippen molar-refractivity contribution in [3.05, 3.63) is 69.5 Å². The van der Waals surface area contributed by atoms with Gasteiger partial charge in [-0.15, -0.1) is 0 Å². The number of fused-ring (bicyclic) bond motifs is 1. The Labute approximate surface area is 120 Å². The van der Waals surface area contributed by atoms with Gasteiger partial charge in [-0.1, -0.05) is 23.7 Å². The maximum atomic E-state index is 11.3. The Morgan fingerprint density at radius 1 is 1.05 bits per heavy atom. The van der Waals surface area contributed by atoms with Gasteiger partial charge >= 0.3 is 0 Å². The highest BCUT2D eigenvalue weighted by atomic mass is 35.5. The first-order valence-electron chi connectivity index (χ1n) is 6.00. The van der Waals surface area contributed by atoms with E-state index in [4.69, 9.17) is 16.9 Å². The maximum Gasteiger partial charge on any atom is 0.248 e. The number of H-pyrrole nitrogens is 1. The highest BCUT2D eigenvalue weighted by molar-refractivity contribution is 6.34. The molecule has 0 amide bonds. The number of benzene rings is 2. The minimum absolute atomic E-state index is 0.153. The maximum absolute atomic E-state index is 11.3. The van der Waals surface area contributed by atoms with E-state index in [2.05, 4.69) is 11.1 Å². The van der Waals surface area contributed by atoms with Crippen molar-refractivity contribution in [3.8, 4) is 17.2 Å². The molecule has 3 nitrogen and oxygen atoms in total. The van der Waals surface area contributed by atoms with Crippen LogP contribution in [0.25, 0.3) is 22.0 Å². The molecule has 0 bridgehead atoms. The molecule has 0 aliphatic carbocycles. The number of rotatable bonds is 1. The third kappa shape index (κ3) is 2.18. The highest BCUT2D eigenvalue weighted by Gasteiger charge is 2.06. The van der Waals surface area contributed by atoms with Crippen molar-refractivity contribution in [2.45, 2.75) is 0 Å². The lowest BCUT2D eigenvalue weighted by Gasteiger charge is -2.07. The smallest absolute Gasteiger partial charge is 0.248 e. The summed E-state index contributed by atoms with van der Waals surface area (Å²) in [4.78, 5) is 14.0. The van der Waals surface area contributed by atoms with E-state index in [-0.39, 0.29) is 5.56 Å². The second-order valence-corrected chi connectivity index (χ2v) is 4.84. The molecule has 1 N–H and O–H groups in total. The topological polar surface area (TPSA) is 56.6 Å². The molecule has 1 heterocycles. The Kier molecular flexibility index (Phi) is 3.02. The van der Waals surface area contributed by atoms with Crippen LogP contribution in [0.15, 0.2) is 53.3 Å². The number of hydrogen-bond acceptors (Lipinski definition) is 2. The largest absolute Gasteiger partial charge is 0.322 e. The van der Waals surface area contributed by atoms with Crippen molar-refractivity contribution < 1.29 is 0 Å². The van der Waals surface area contributed by atoms with Crippen LogP contribution in [0, 0.1) is 11.3 Å². The molecule has 0 aliphatic rings. The molecule has 20 heavy (non-hydrogen) atoms. The lowest BCUT2D eigenvalue weighted by atomic mass is 10.0. The summed E-state index contributed by atoms with van der Waals surface area (Å²) in [7, 11) is 0. The molecule has 0 fully saturated rings. The summed E-state index contributed by atoms with van der Waals surface area (Å²) >= 11 is 6.28. The molecule has 1 aromatic heterocycles. The zero-order chi connectivity index (χ0) is 14.1. The van der Waals surface area contributed by atoms with Crippen LogP contribution >= 0.6 is 11.6 Å². The average molecular weight is 281 g/mol. The molecule has 0 saturated carbocycles. The van der Waals surface area contributed by atoms with Crippen LogP contribution < -0.4 is 5.56 Å². The van der Waals surface area contributed by atoms with E-state index in [0.29, 0.717) is 16.1 Å². The first kappa shape index (κ1) is 12.5. The fraction of sp³-hybridized carbons (Fsp3) is 0. The van der Waals surface area contributed by atoms with Gasteiger partial charge in [-0.05, 0) is 41.3 Å². The molecule has 0 radical (unpaired) electrons. The van der Waals surface area contributed by atoms with Gasteiger partial charge in [0.05, 0.1) is 16.7 Å². The molecule has 0 spiro atoms. The summed E-state index contributed by atoms with van der Waals surface area (Å²) in [6.45, 7) is 0. The lowest BCUT2D eigenvalue weighted by Crippen LogP contribution is -2.02. The van der Waals surface area contributed by atoms with E-state index >= 15 is 0 Å². The van der Waals surface area contributed by atoms with Gasteiger partial charge in [0.25, 0.3) is 0 Å². The molecule has 0 unspecified atom stereocenters. The number of nitrogens with one attached hydrogen (secondary N) is 1. The van der Waals surface area contributed by atoms with Crippen LogP contribution in [0.5, 0.6) is 0 Å². The second-order valence-electron chi connectivity index (χ2n) is 4.43. The minimum Gasteiger partial charge on any atom is -0.322 e. The first-order chi connectivity index (χ1) is 9.67. The van der Waals surface area contributed by atoms with Gasteiger partial charge in [-0.2, -0.15) is 5.26 Å². The Bertz CT molecular complexity index is 889. The minimum atomic E-state index is -0.153. The molecule has 0 aliphatic heterocycles. The quantitative estimate of drug-likeness (QED) is 0.738. The Hall–Kier alpha value is -2.57. The molecule has 4 heteroatoms. The molecule has 0 atom stereocenters. The van der Waals surface area contributed by atoms with Crippen LogP contribution in [-0.4, -0.2) is 4.98 Å². The van der Waals surface area contributed by atoms with Crippen molar-refractivity contribution in [1.82, 2.24) is 4.98 Å². The summed E-state index contributed by atoms with van der Waals surface area (Å²) < 4.78 is 0. The van der Waals surface area contributed by atoms with Crippen molar-refractivity contribution >= 4 is 22.5 Å². The van der Waals surface area contributed by atoms with Crippen LogP contribution in [0.1, 0.15) is 5.56 Å². The number of nitriles is 1. The van der Waals surface area contributed by atoms with Gasteiger partial charge in [-0.25, -0.2) is 0 Å². The van der Waals surface area contributed by atoms with Crippen LogP contribution in [0.2, 0.25) is 5.02 Å². The van der Waals surface area contributed by atoms with Crippen LogP contribution in [-0.2, 0) is 0 Å². The third-order valence-electron chi connectivity index (χ3n) is 3.14. The molecule has 2 aromatic carbocycles. The Morgan fingerprint density at radius 2 is 1.80 bits per heavy atom. The van der Waals surface area contributed by atoms with Gasteiger partial charge in [0.15, 0.2) is 0 Å². The Morgan fingerprint density at radius 3 is 2.50 bits per heavy atom. The van der Waals surface area contributed by atoms with E-state index in [1.54, 1.807) is 24.3 Å². The first-order valence-corrected chi connectivity index (χ1v) is 6.38. The monoisotopic (exact) mass is 280 g/mol. The van der Waals surface area contributed by atoms with E-state index in [1.807, 2.05) is 18.2 Å². The predicted octanol–water partition coefficient (Wildman–Crippen LogP) is 3.72. The molecular weight excluding hydrogens is 272 g/mol. The van der Waals surface area contributed by atoms with Gasteiger partial charge in [0, 0.05) is 17.1 Å². The molecule has 3 aromatic rings. The Balaban J connectivity index is 2.20. The predicted molar refractivity (Wildman–Crippen MR) is 79.7 cm³/mol. The standard InChI is InChI=1S/C16H9ClN2O/c17-14-8-15-12(5-6-16(20)19-15)7-13(14)11-3-1-10(9-18)2-4-11/h1-8H,(H,19,20). The summed E-state index contributed by atoms with van der Waals surface area (Å²) in [5.74, 6) is 0. The van der Waals surface area contributed by atoms with Gasteiger partial charge in [-0.3, -0.25) is 4.79 Å². The van der Waals surface area contributed by atoms with E-state index < -0.39 is 0 Å². The lowest BCUT2D eigenvalue weighted by molar-refractivity contribution is 1.31. The van der Waals surface area contributed by atoms with Gasteiger partial charge < -0.3 is 4.98 Å². The highest BCUT2D eigenvalue weighted by Crippen LogP contribution is 2.31. The number of nitrogens with zero attached hydrogens (tertiary/aromatic N) is 1. The molecule has 96 valence electrons. The van der Waals surface area contributed by atoms with Crippen molar-refractivity contribution in [2.24, 2.45) is 0 Å². The number of halogens is 1. The number of hydrogen-bond donors (Lipinski definition) is 1. The number of pyridine rings is 1. The van der Waals surface area contributed by atoms with E-state index in [0.717, 1.165) is 16.5 Å². The SMILES string of the molecule is N#Cc1ccc(-c2cc3ccc(=O)[nH]c3cc2Cl)cc1. The normalized spacial score (nSPS) is 10.4. The van der Waals surface area contributed by atoms with E-state index in [1.165, 1.54) is 6.07 Å². The van der Waals surface area contributed by atoms with Crippen LogP contribution in [0.3, 0.4) is 0 Å². The van der Waals surface area contributed by atoms with Crippen molar-refractivity contribution in [1.29, 1.82) is 5.26 Å². The zero-order valence-corrected chi connectivity index (χ0v) is 11.1. The summed E-state index contributed by atoms with van der Waals surface area (Å²) in [5, 5.41) is 10.3. The third-order valence-corrected chi connectivity index (χ3v) is 3.45. The summed E-state index contributed by atoms with van der Waals surface area (Å²) in [6, 6.07) is 16.2. The van der Waals surface area contributed by atoms with Gasteiger partial charge in [0.1, 0.15) is 0 Å². The van der Waals surface area contributed by atoms with Crippen molar-refractivity contribution in [3.63, 3.8) is 0 Å².